The Bertz CT molecular complexity index is 734. The fraction of sp³-hybridized carbons (Fsp3) is 0.556. The quantitative estimate of drug-likeness (QED) is 0.747. The van der Waals surface area contributed by atoms with Gasteiger partial charge in [0.25, 0.3) is 0 Å². The van der Waals surface area contributed by atoms with Crippen LogP contribution >= 0.6 is 0 Å². The van der Waals surface area contributed by atoms with Gasteiger partial charge >= 0.3 is 0 Å². The van der Waals surface area contributed by atoms with Crippen LogP contribution in [0.1, 0.15) is 26.7 Å². The Balaban J connectivity index is 1.89. The second-order valence-corrected chi connectivity index (χ2v) is 8.93. The average molecular weight is 381 g/mol. The zero-order valence-corrected chi connectivity index (χ0v) is 16.1. The highest BCUT2D eigenvalue weighted by molar-refractivity contribution is 7.91. The van der Waals surface area contributed by atoms with Crippen molar-refractivity contribution < 1.29 is 18.0 Å². The lowest BCUT2D eigenvalue weighted by Crippen LogP contribution is -2.61. The van der Waals surface area contributed by atoms with Crippen LogP contribution in [0.2, 0.25) is 0 Å². The summed E-state index contributed by atoms with van der Waals surface area (Å²) in [5.41, 5.74) is 5.48. The molecule has 1 aliphatic heterocycles. The van der Waals surface area contributed by atoms with Crippen molar-refractivity contribution in [3.05, 3.63) is 30.3 Å². The van der Waals surface area contributed by atoms with Crippen molar-refractivity contribution in [2.75, 3.05) is 25.4 Å². The molecule has 26 heavy (non-hydrogen) atoms. The maximum absolute atomic E-state index is 12.4. The van der Waals surface area contributed by atoms with Gasteiger partial charge in [0.1, 0.15) is 6.04 Å². The Labute approximate surface area is 155 Å². The minimum absolute atomic E-state index is 0.0754. The van der Waals surface area contributed by atoms with Crippen LogP contribution in [0.15, 0.2) is 35.2 Å². The first-order valence-corrected chi connectivity index (χ1v) is 10.5. The molecule has 2 rings (SSSR count). The Morgan fingerprint density at radius 1 is 1.19 bits per heavy atom. The third-order valence-corrected chi connectivity index (χ3v) is 6.49. The molecule has 0 radical (unpaired) electrons. The summed E-state index contributed by atoms with van der Waals surface area (Å²) in [5, 5.41) is 0. The highest BCUT2D eigenvalue weighted by Gasteiger charge is 2.34. The molecular weight excluding hydrogens is 354 g/mol. The zero-order valence-electron chi connectivity index (χ0n) is 15.3. The van der Waals surface area contributed by atoms with Crippen molar-refractivity contribution in [1.82, 2.24) is 9.80 Å². The lowest BCUT2D eigenvalue weighted by molar-refractivity contribution is -0.138. The maximum atomic E-state index is 12.4. The second kappa shape index (κ2) is 8.64. The second-order valence-electron chi connectivity index (χ2n) is 6.82. The SMILES string of the molecule is CC(C)N1CCN(C(=O)CCCS(=O)(=O)c2ccccc2)C[C@@H]1C(N)=O. The number of carbonyl (C=O) groups is 2. The summed E-state index contributed by atoms with van der Waals surface area (Å²) < 4.78 is 24.5. The molecule has 0 bridgehead atoms. The van der Waals surface area contributed by atoms with Crippen molar-refractivity contribution in [2.45, 2.75) is 43.7 Å². The van der Waals surface area contributed by atoms with Gasteiger partial charge in [-0.2, -0.15) is 0 Å². The predicted molar refractivity (Wildman–Crippen MR) is 99.1 cm³/mol. The van der Waals surface area contributed by atoms with E-state index in [1.54, 1.807) is 35.2 Å². The number of nitrogens with two attached hydrogens (primary N) is 1. The molecule has 0 unspecified atom stereocenters. The number of amides is 2. The highest BCUT2D eigenvalue weighted by Crippen LogP contribution is 2.16. The molecule has 0 saturated carbocycles. The summed E-state index contributed by atoms with van der Waals surface area (Å²) in [6.45, 7) is 5.34. The summed E-state index contributed by atoms with van der Waals surface area (Å²) >= 11 is 0. The van der Waals surface area contributed by atoms with Crippen molar-refractivity contribution >= 4 is 21.7 Å². The van der Waals surface area contributed by atoms with Crippen molar-refractivity contribution in [3.8, 4) is 0 Å². The first-order valence-electron chi connectivity index (χ1n) is 8.83. The monoisotopic (exact) mass is 381 g/mol. The number of hydrogen-bond acceptors (Lipinski definition) is 5. The van der Waals surface area contributed by atoms with Crippen molar-refractivity contribution in [2.24, 2.45) is 5.73 Å². The van der Waals surface area contributed by atoms with Crippen LogP contribution in [0, 0.1) is 0 Å². The normalized spacial score (nSPS) is 18.9. The number of nitrogens with zero attached hydrogens (tertiary/aromatic N) is 2. The molecule has 8 heteroatoms. The molecule has 144 valence electrons. The van der Waals surface area contributed by atoms with Crippen LogP contribution in [0.5, 0.6) is 0 Å². The summed E-state index contributed by atoms with van der Waals surface area (Å²) in [6.07, 6.45) is 0.390. The lowest BCUT2D eigenvalue weighted by Gasteiger charge is -2.42. The van der Waals surface area contributed by atoms with Crippen LogP contribution in [0.25, 0.3) is 0 Å². The van der Waals surface area contributed by atoms with Gasteiger partial charge in [0, 0.05) is 32.1 Å². The number of rotatable bonds is 7. The molecule has 2 amide bonds. The van der Waals surface area contributed by atoms with Crippen LogP contribution in [-0.2, 0) is 19.4 Å². The summed E-state index contributed by atoms with van der Waals surface area (Å²) in [7, 11) is -3.38. The largest absolute Gasteiger partial charge is 0.368 e. The summed E-state index contributed by atoms with van der Waals surface area (Å²) in [4.78, 5) is 28.0. The standard InChI is InChI=1S/C18H27N3O4S/c1-14(2)21-11-10-20(13-16(21)18(19)23)17(22)9-6-12-26(24,25)15-7-4-3-5-8-15/h3-5,7-8,14,16H,6,9-13H2,1-2H3,(H2,19,23)/t16-/m1/s1. The molecule has 1 aliphatic rings. The molecule has 2 N–H and O–H groups in total. The molecule has 0 spiro atoms. The summed E-state index contributed by atoms with van der Waals surface area (Å²) in [6, 6.07) is 7.89. The van der Waals surface area contributed by atoms with Crippen molar-refractivity contribution in [3.63, 3.8) is 0 Å². The average Bonchev–Trinajstić information content (AvgIpc) is 2.61. The van der Waals surface area contributed by atoms with Gasteiger partial charge in [-0.05, 0) is 32.4 Å². The Morgan fingerprint density at radius 2 is 1.85 bits per heavy atom. The lowest BCUT2D eigenvalue weighted by atomic mass is 10.1. The Morgan fingerprint density at radius 3 is 2.42 bits per heavy atom. The van der Waals surface area contributed by atoms with Gasteiger partial charge in [-0.3, -0.25) is 14.5 Å². The number of sulfone groups is 1. The van der Waals surface area contributed by atoms with E-state index in [9.17, 15) is 18.0 Å². The maximum Gasteiger partial charge on any atom is 0.236 e. The third-order valence-electron chi connectivity index (χ3n) is 4.67. The van der Waals surface area contributed by atoms with E-state index in [0.717, 1.165) is 0 Å². The topological polar surface area (TPSA) is 101 Å². The smallest absolute Gasteiger partial charge is 0.236 e. The first kappa shape index (κ1) is 20.4. The molecule has 1 saturated heterocycles. The van der Waals surface area contributed by atoms with E-state index in [2.05, 4.69) is 0 Å². The van der Waals surface area contributed by atoms with Crippen LogP contribution in [-0.4, -0.2) is 67.5 Å². The number of hydrogen-bond donors (Lipinski definition) is 1. The van der Waals surface area contributed by atoms with E-state index in [1.165, 1.54) is 0 Å². The molecule has 7 nitrogen and oxygen atoms in total. The van der Waals surface area contributed by atoms with Gasteiger partial charge < -0.3 is 10.6 Å². The number of primary amides is 1. The van der Waals surface area contributed by atoms with E-state index in [4.69, 9.17) is 5.73 Å². The van der Waals surface area contributed by atoms with Gasteiger partial charge in [0.2, 0.25) is 11.8 Å². The van der Waals surface area contributed by atoms with Crippen molar-refractivity contribution in [1.29, 1.82) is 0 Å². The fourth-order valence-electron chi connectivity index (χ4n) is 3.21. The molecule has 1 fully saturated rings. The van der Waals surface area contributed by atoms with Crippen LogP contribution in [0.4, 0.5) is 0 Å². The molecule has 1 aromatic rings. The molecule has 1 atom stereocenters. The van der Waals surface area contributed by atoms with Gasteiger partial charge in [0.05, 0.1) is 10.6 Å². The van der Waals surface area contributed by atoms with Gasteiger partial charge in [0.15, 0.2) is 9.84 Å². The molecule has 0 aliphatic carbocycles. The van der Waals surface area contributed by atoms with Gasteiger partial charge in [-0.1, -0.05) is 18.2 Å². The van der Waals surface area contributed by atoms with Gasteiger partial charge in [-0.15, -0.1) is 0 Å². The fourth-order valence-corrected chi connectivity index (χ4v) is 4.54. The highest BCUT2D eigenvalue weighted by atomic mass is 32.2. The van der Waals surface area contributed by atoms with E-state index >= 15 is 0 Å². The number of benzene rings is 1. The van der Waals surface area contributed by atoms with Gasteiger partial charge in [-0.25, -0.2) is 8.42 Å². The summed E-state index contributed by atoms with van der Waals surface area (Å²) in [5.74, 6) is -0.653. The minimum atomic E-state index is -3.38. The van der Waals surface area contributed by atoms with Crippen LogP contribution in [0.3, 0.4) is 0 Å². The van der Waals surface area contributed by atoms with E-state index in [-0.39, 0.29) is 42.0 Å². The molecular formula is C18H27N3O4S. The minimum Gasteiger partial charge on any atom is -0.368 e. The first-order chi connectivity index (χ1) is 12.2. The zero-order chi connectivity index (χ0) is 19.3. The molecule has 0 aromatic heterocycles. The Hall–Kier alpha value is -1.93. The van der Waals surface area contributed by atoms with Crippen LogP contribution < -0.4 is 5.73 Å². The number of carbonyl (C=O) groups excluding carboxylic acids is 2. The van der Waals surface area contributed by atoms with E-state index < -0.39 is 21.8 Å². The van der Waals surface area contributed by atoms with E-state index in [1.807, 2.05) is 18.7 Å². The predicted octanol–water partition coefficient (Wildman–Crippen LogP) is 0.647. The number of piperazine rings is 1. The molecule has 1 heterocycles. The third kappa shape index (κ3) is 5.04. The molecule has 1 aromatic carbocycles. The van der Waals surface area contributed by atoms with E-state index in [0.29, 0.717) is 13.1 Å². The Kier molecular flexibility index (Phi) is 6.77.